The molecule has 1 saturated heterocycles. The Hall–Kier alpha value is -2.38. The molecule has 0 atom stereocenters. The van der Waals surface area contributed by atoms with Crippen LogP contribution in [0.1, 0.15) is 21.5 Å². The third-order valence-corrected chi connectivity index (χ3v) is 6.62. The van der Waals surface area contributed by atoms with Crippen LogP contribution < -0.4 is 9.64 Å². The van der Waals surface area contributed by atoms with E-state index in [1.165, 1.54) is 34.4 Å². The quantitative estimate of drug-likeness (QED) is 0.813. The summed E-state index contributed by atoms with van der Waals surface area (Å²) >= 11 is 0. The van der Waals surface area contributed by atoms with Gasteiger partial charge in [0, 0.05) is 23.8 Å². The Morgan fingerprint density at radius 1 is 1.11 bits per heavy atom. The van der Waals surface area contributed by atoms with Crippen LogP contribution in [-0.4, -0.2) is 58.3 Å². The van der Waals surface area contributed by atoms with Crippen molar-refractivity contribution >= 4 is 15.7 Å². The van der Waals surface area contributed by atoms with Gasteiger partial charge in [0.15, 0.2) is 9.84 Å². The molecule has 148 valence electrons. The molecule has 0 aliphatic carbocycles. The average molecular weight is 402 g/mol. The number of hydrogen-bond donors (Lipinski definition) is 1. The summed E-state index contributed by atoms with van der Waals surface area (Å²) in [6.45, 7) is 4.95. The number of fused-ring (bicyclic) bond motifs is 1. The molecule has 6 nitrogen and oxygen atoms in total. The van der Waals surface area contributed by atoms with Crippen molar-refractivity contribution in [2.45, 2.75) is 17.9 Å². The Morgan fingerprint density at radius 3 is 2.50 bits per heavy atom. The van der Waals surface area contributed by atoms with Crippen LogP contribution in [0, 0.1) is 0 Å². The van der Waals surface area contributed by atoms with Crippen molar-refractivity contribution in [3.05, 3.63) is 59.2 Å². The number of piperazine rings is 1. The molecular weight excluding hydrogens is 376 g/mol. The van der Waals surface area contributed by atoms with Crippen molar-refractivity contribution < 1.29 is 22.8 Å². The standard InChI is InChI=1S/C21H24N2O4S/c1-28(25,26)19-5-3-17(4-6-19)21(24)23-11-9-22(10-12-23)15-16-2-7-20-18(14-16)8-13-27-20/h2-7,14H,8-13,15H2,1H3/p+1. The summed E-state index contributed by atoms with van der Waals surface area (Å²) in [6, 6.07) is 12.7. The van der Waals surface area contributed by atoms with E-state index in [4.69, 9.17) is 4.74 Å². The van der Waals surface area contributed by atoms with Gasteiger partial charge in [0.1, 0.15) is 12.3 Å². The molecule has 2 aromatic carbocycles. The third kappa shape index (κ3) is 4.05. The van der Waals surface area contributed by atoms with Crippen molar-refractivity contribution in [1.29, 1.82) is 0 Å². The van der Waals surface area contributed by atoms with Gasteiger partial charge in [0.05, 0.1) is 37.7 Å². The second-order valence-corrected chi connectivity index (χ2v) is 9.57. The van der Waals surface area contributed by atoms with E-state index in [9.17, 15) is 13.2 Å². The predicted molar refractivity (Wildman–Crippen MR) is 105 cm³/mol. The lowest BCUT2D eigenvalue weighted by molar-refractivity contribution is -0.917. The minimum atomic E-state index is -3.25. The largest absolute Gasteiger partial charge is 0.493 e. The smallest absolute Gasteiger partial charge is 0.254 e. The second kappa shape index (κ2) is 7.56. The first kappa shape index (κ1) is 19.0. The molecule has 0 spiro atoms. The number of amides is 1. The first-order valence-electron chi connectivity index (χ1n) is 9.58. The summed E-state index contributed by atoms with van der Waals surface area (Å²) < 4.78 is 28.7. The molecule has 2 heterocycles. The van der Waals surface area contributed by atoms with Crippen molar-refractivity contribution in [2.24, 2.45) is 0 Å². The van der Waals surface area contributed by atoms with Crippen molar-refractivity contribution in [1.82, 2.24) is 4.90 Å². The molecule has 28 heavy (non-hydrogen) atoms. The summed E-state index contributed by atoms with van der Waals surface area (Å²) in [6.07, 6.45) is 2.15. The van der Waals surface area contributed by atoms with E-state index in [-0.39, 0.29) is 10.8 Å². The first-order valence-corrected chi connectivity index (χ1v) is 11.5. The molecule has 2 aliphatic rings. The molecule has 0 saturated carbocycles. The predicted octanol–water partition coefficient (Wildman–Crippen LogP) is 0.566. The minimum Gasteiger partial charge on any atom is -0.493 e. The Kier molecular flexibility index (Phi) is 5.12. The number of rotatable bonds is 4. The van der Waals surface area contributed by atoms with Crippen LogP contribution in [0.5, 0.6) is 5.75 Å². The number of nitrogens with zero attached hydrogens (tertiary/aromatic N) is 1. The minimum absolute atomic E-state index is 0.0335. The van der Waals surface area contributed by atoms with Crippen LogP contribution in [0.25, 0.3) is 0 Å². The van der Waals surface area contributed by atoms with E-state index >= 15 is 0 Å². The Labute approximate surface area is 165 Å². The normalized spacial score (nSPS) is 17.2. The lowest BCUT2D eigenvalue weighted by Gasteiger charge is -2.32. The first-order chi connectivity index (χ1) is 13.4. The van der Waals surface area contributed by atoms with Gasteiger partial charge in [-0.15, -0.1) is 0 Å². The molecule has 0 radical (unpaired) electrons. The van der Waals surface area contributed by atoms with Crippen molar-refractivity contribution in [3.8, 4) is 5.75 Å². The maximum atomic E-state index is 12.7. The highest BCUT2D eigenvalue weighted by Crippen LogP contribution is 2.25. The van der Waals surface area contributed by atoms with Crippen LogP contribution in [0.15, 0.2) is 47.4 Å². The van der Waals surface area contributed by atoms with E-state index in [1.54, 1.807) is 12.1 Å². The van der Waals surface area contributed by atoms with Gasteiger partial charge in [-0.05, 0) is 48.0 Å². The number of nitrogens with one attached hydrogen (secondary N) is 1. The highest BCUT2D eigenvalue weighted by atomic mass is 32.2. The van der Waals surface area contributed by atoms with Crippen LogP contribution in [-0.2, 0) is 22.8 Å². The Bertz CT molecular complexity index is 978. The van der Waals surface area contributed by atoms with Gasteiger partial charge in [-0.3, -0.25) is 4.79 Å². The Morgan fingerprint density at radius 2 is 1.82 bits per heavy atom. The fraction of sp³-hybridized carbons (Fsp3) is 0.381. The van der Waals surface area contributed by atoms with E-state index in [0.717, 1.165) is 38.4 Å². The van der Waals surface area contributed by atoms with Gasteiger partial charge in [0.2, 0.25) is 0 Å². The van der Waals surface area contributed by atoms with Gasteiger partial charge in [-0.2, -0.15) is 0 Å². The molecule has 7 heteroatoms. The van der Waals surface area contributed by atoms with Crippen molar-refractivity contribution in [2.75, 3.05) is 39.0 Å². The number of carbonyl (C=O) groups is 1. The van der Waals surface area contributed by atoms with Gasteiger partial charge < -0.3 is 14.5 Å². The molecule has 1 N–H and O–H groups in total. The average Bonchev–Trinajstić information content (AvgIpc) is 3.15. The number of hydrogen-bond acceptors (Lipinski definition) is 4. The van der Waals surface area contributed by atoms with Crippen LogP contribution >= 0.6 is 0 Å². The van der Waals surface area contributed by atoms with E-state index in [0.29, 0.717) is 18.7 Å². The third-order valence-electron chi connectivity index (χ3n) is 5.50. The molecular formula is C21H25N2O4S+. The fourth-order valence-electron chi connectivity index (χ4n) is 3.87. The zero-order chi connectivity index (χ0) is 19.7. The van der Waals surface area contributed by atoms with Gasteiger partial charge in [-0.25, -0.2) is 8.42 Å². The highest BCUT2D eigenvalue weighted by Gasteiger charge is 2.25. The zero-order valence-corrected chi connectivity index (χ0v) is 16.8. The van der Waals surface area contributed by atoms with Gasteiger partial charge in [-0.1, -0.05) is 0 Å². The monoisotopic (exact) mass is 401 g/mol. The Balaban J connectivity index is 1.34. The molecule has 1 amide bonds. The molecule has 2 aliphatic heterocycles. The van der Waals surface area contributed by atoms with Crippen LogP contribution in [0.4, 0.5) is 0 Å². The lowest BCUT2D eigenvalue weighted by atomic mass is 10.1. The molecule has 0 aromatic heterocycles. The van der Waals surface area contributed by atoms with Gasteiger partial charge in [0.25, 0.3) is 5.91 Å². The fourth-order valence-corrected chi connectivity index (χ4v) is 4.50. The number of benzene rings is 2. The molecule has 4 rings (SSSR count). The summed E-state index contributed by atoms with van der Waals surface area (Å²) in [7, 11) is -3.25. The summed E-state index contributed by atoms with van der Waals surface area (Å²) in [5.41, 5.74) is 3.15. The molecule has 1 fully saturated rings. The summed E-state index contributed by atoms with van der Waals surface area (Å²) in [4.78, 5) is 16.3. The number of sulfone groups is 1. The van der Waals surface area contributed by atoms with E-state index in [1.807, 2.05) is 4.90 Å². The highest BCUT2D eigenvalue weighted by molar-refractivity contribution is 7.90. The van der Waals surface area contributed by atoms with Crippen molar-refractivity contribution in [3.63, 3.8) is 0 Å². The molecule has 0 bridgehead atoms. The number of carbonyl (C=O) groups excluding carboxylic acids is 1. The zero-order valence-electron chi connectivity index (χ0n) is 16.0. The van der Waals surface area contributed by atoms with E-state index < -0.39 is 9.84 Å². The SMILES string of the molecule is CS(=O)(=O)c1ccc(C(=O)N2CC[NH+](Cc3ccc4c(c3)CCO4)CC2)cc1. The molecule has 2 aromatic rings. The van der Waals surface area contributed by atoms with E-state index in [2.05, 4.69) is 18.2 Å². The van der Waals surface area contributed by atoms with Crippen LogP contribution in [0.3, 0.4) is 0 Å². The summed E-state index contributed by atoms with van der Waals surface area (Å²) in [5.74, 6) is 0.977. The topological polar surface area (TPSA) is 68.1 Å². The summed E-state index contributed by atoms with van der Waals surface area (Å²) in [5, 5.41) is 0. The second-order valence-electron chi connectivity index (χ2n) is 7.56. The lowest BCUT2D eigenvalue weighted by Crippen LogP contribution is -3.13. The van der Waals surface area contributed by atoms with Crippen LogP contribution in [0.2, 0.25) is 0 Å². The van der Waals surface area contributed by atoms with Gasteiger partial charge >= 0.3 is 0 Å². The number of ether oxygens (including phenoxy) is 1. The maximum Gasteiger partial charge on any atom is 0.254 e. The molecule has 0 unspecified atom stereocenters. The maximum absolute atomic E-state index is 12.7. The number of quaternary nitrogens is 1.